The maximum atomic E-state index is 11.5. The van der Waals surface area contributed by atoms with E-state index in [9.17, 15) is 15.0 Å². The molecule has 4 heteroatoms. The van der Waals surface area contributed by atoms with Gasteiger partial charge in [-0.2, -0.15) is 0 Å². The summed E-state index contributed by atoms with van der Waals surface area (Å²) in [6.45, 7) is -0.0377. The molecule has 18 heavy (non-hydrogen) atoms. The van der Waals surface area contributed by atoms with Crippen LogP contribution < -0.4 is 0 Å². The minimum atomic E-state index is -0.790. The second-order valence-corrected chi connectivity index (χ2v) is 5.81. The predicted octanol–water partition coefficient (Wildman–Crippen LogP) is 3.03. The lowest BCUT2D eigenvalue weighted by molar-refractivity contribution is -0.146. The first kappa shape index (κ1) is 13.6. The van der Waals surface area contributed by atoms with E-state index in [1.54, 1.807) is 0 Å². The van der Waals surface area contributed by atoms with Gasteiger partial charge in [-0.15, -0.1) is 0 Å². The Labute approximate surface area is 115 Å². The van der Waals surface area contributed by atoms with E-state index in [0.717, 1.165) is 29.3 Å². The van der Waals surface area contributed by atoms with E-state index in [2.05, 4.69) is 15.9 Å². The highest BCUT2D eigenvalue weighted by atomic mass is 79.9. The number of rotatable bonds is 3. The third kappa shape index (κ3) is 2.75. The molecule has 98 valence electrons. The van der Waals surface area contributed by atoms with Crippen molar-refractivity contribution < 1.29 is 15.0 Å². The van der Waals surface area contributed by atoms with Gasteiger partial charge in [-0.3, -0.25) is 4.79 Å². The van der Waals surface area contributed by atoms with Crippen LogP contribution in [-0.2, 0) is 4.79 Å². The molecule has 1 saturated carbocycles. The summed E-state index contributed by atoms with van der Waals surface area (Å²) in [6, 6.07) is 7.84. The first-order chi connectivity index (χ1) is 8.63. The normalized spacial score (nSPS) is 28.0. The lowest BCUT2D eigenvalue weighted by Crippen LogP contribution is -2.35. The first-order valence-electron chi connectivity index (χ1n) is 6.22. The molecule has 0 aromatic heterocycles. The highest BCUT2D eigenvalue weighted by Crippen LogP contribution is 2.41. The SMILES string of the molecule is O=C(O)[C@@H]1[C@H](CO)CCC[C@@H]1c1ccc(Br)cc1. The zero-order valence-electron chi connectivity index (χ0n) is 10.1. The fraction of sp³-hybridized carbons (Fsp3) is 0.500. The number of hydrogen-bond donors (Lipinski definition) is 2. The van der Waals surface area contributed by atoms with Crippen LogP contribution in [0.2, 0.25) is 0 Å². The van der Waals surface area contributed by atoms with Gasteiger partial charge in [0.1, 0.15) is 0 Å². The third-order valence-electron chi connectivity index (χ3n) is 3.85. The van der Waals surface area contributed by atoms with Crippen LogP contribution in [0.4, 0.5) is 0 Å². The monoisotopic (exact) mass is 312 g/mol. The zero-order chi connectivity index (χ0) is 13.1. The van der Waals surface area contributed by atoms with Crippen molar-refractivity contribution in [2.24, 2.45) is 11.8 Å². The van der Waals surface area contributed by atoms with Crippen LogP contribution >= 0.6 is 15.9 Å². The van der Waals surface area contributed by atoms with Crippen LogP contribution in [0.1, 0.15) is 30.7 Å². The fourth-order valence-electron chi connectivity index (χ4n) is 2.95. The molecule has 0 saturated heterocycles. The van der Waals surface area contributed by atoms with Crippen LogP contribution in [0.3, 0.4) is 0 Å². The molecular weight excluding hydrogens is 296 g/mol. The zero-order valence-corrected chi connectivity index (χ0v) is 11.6. The summed E-state index contributed by atoms with van der Waals surface area (Å²) in [7, 11) is 0. The molecule has 0 radical (unpaired) electrons. The van der Waals surface area contributed by atoms with E-state index in [1.807, 2.05) is 24.3 Å². The lowest BCUT2D eigenvalue weighted by atomic mass is 9.69. The van der Waals surface area contributed by atoms with Gasteiger partial charge < -0.3 is 10.2 Å². The molecule has 0 unspecified atom stereocenters. The molecule has 1 aliphatic carbocycles. The van der Waals surface area contributed by atoms with Gasteiger partial charge in [0.2, 0.25) is 0 Å². The number of aliphatic carboxylic acids is 1. The maximum absolute atomic E-state index is 11.5. The molecule has 0 bridgehead atoms. The molecular formula is C14H17BrO3. The van der Waals surface area contributed by atoms with Gasteiger partial charge in [0, 0.05) is 11.1 Å². The average Bonchev–Trinajstić information content (AvgIpc) is 2.38. The van der Waals surface area contributed by atoms with Crippen molar-refractivity contribution in [1.82, 2.24) is 0 Å². The number of carbonyl (C=O) groups is 1. The van der Waals surface area contributed by atoms with Crippen LogP contribution in [0.15, 0.2) is 28.7 Å². The van der Waals surface area contributed by atoms with Crippen molar-refractivity contribution in [3.05, 3.63) is 34.3 Å². The summed E-state index contributed by atoms with van der Waals surface area (Å²) in [5.41, 5.74) is 1.06. The van der Waals surface area contributed by atoms with E-state index in [0.29, 0.717) is 0 Å². The molecule has 3 atom stereocenters. The predicted molar refractivity (Wildman–Crippen MR) is 72.4 cm³/mol. The number of carboxylic acids is 1. The van der Waals surface area contributed by atoms with Gasteiger partial charge in [-0.25, -0.2) is 0 Å². The van der Waals surface area contributed by atoms with Gasteiger partial charge in [0.15, 0.2) is 0 Å². The maximum Gasteiger partial charge on any atom is 0.307 e. The van der Waals surface area contributed by atoms with Gasteiger partial charge >= 0.3 is 5.97 Å². The molecule has 1 fully saturated rings. The van der Waals surface area contributed by atoms with Crippen molar-refractivity contribution in [1.29, 1.82) is 0 Å². The first-order valence-corrected chi connectivity index (χ1v) is 7.02. The highest BCUT2D eigenvalue weighted by molar-refractivity contribution is 9.10. The molecule has 1 aliphatic rings. The number of aliphatic hydroxyl groups excluding tert-OH is 1. The van der Waals surface area contributed by atoms with E-state index in [-0.39, 0.29) is 18.4 Å². The molecule has 2 rings (SSSR count). The molecule has 2 N–H and O–H groups in total. The Bertz CT molecular complexity index is 416. The van der Waals surface area contributed by atoms with Crippen molar-refractivity contribution in [3.63, 3.8) is 0 Å². The van der Waals surface area contributed by atoms with Crippen LogP contribution in [0, 0.1) is 11.8 Å². The van der Waals surface area contributed by atoms with E-state index in [1.165, 1.54) is 0 Å². The second-order valence-electron chi connectivity index (χ2n) is 4.90. The van der Waals surface area contributed by atoms with Crippen LogP contribution in [0.25, 0.3) is 0 Å². The van der Waals surface area contributed by atoms with Crippen LogP contribution in [0.5, 0.6) is 0 Å². The van der Waals surface area contributed by atoms with Gasteiger partial charge in [0.25, 0.3) is 0 Å². The average molecular weight is 313 g/mol. The summed E-state index contributed by atoms with van der Waals surface area (Å²) in [5.74, 6) is -1.36. The third-order valence-corrected chi connectivity index (χ3v) is 4.38. The Morgan fingerprint density at radius 3 is 2.50 bits per heavy atom. The highest BCUT2D eigenvalue weighted by Gasteiger charge is 2.38. The number of benzene rings is 1. The summed E-state index contributed by atoms with van der Waals surface area (Å²) in [4.78, 5) is 11.5. The molecule has 0 spiro atoms. The number of aliphatic hydroxyl groups is 1. The second kappa shape index (κ2) is 5.85. The summed E-state index contributed by atoms with van der Waals surface area (Å²) >= 11 is 3.38. The smallest absolute Gasteiger partial charge is 0.307 e. The molecule has 0 amide bonds. The van der Waals surface area contributed by atoms with E-state index in [4.69, 9.17) is 0 Å². The molecule has 1 aromatic carbocycles. The van der Waals surface area contributed by atoms with Crippen molar-refractivity contribution >= 4 is 21.9 Å². The number of carboxylic acid groups (broad SMARTS) is 1. The van der Waals surface area contributed by atoms with Gasteiger partial charge in [-0.1, -0.05) is 34.5 Å². The molecule has 0 aliphatic heterocycles. The Morgan fingerprint density at radius 2 is 1.94 bits per heavy atom. The molecule has 3 nitrogen and oxygen atoms in total. The molecule has 0 heterocycles. The summed E-state index contributed by atoms with van der Waals surface area (Å²) < 4.78 is 0.993. The fourth-order valence-corrected chi connectivity index (χ4v) is 3.21. The van der Waals surface area contributed by atoms with E-state index >= 15 is 0 Å². The topological polar surface area (TPSA) is 57.5 Å². The summed E-state index contributed by atoms with van der Waals surface area (Å²) in [6.07, 6.45) is 2.67. The Balaban J connectivity index is 2.28. The van der Waals surface area contributed by atoms with Crippen molar-refractivity contribution in [2.45, 2.75) is 25.2 Å². The quantitative estimate of drug-likeness (QED) is 0.902. The largest absolute Gasteiger partial charge is 0.481 e. The minimum Gasteiger partial charge on any atom is -0.481 e. The van der Waals surface area contributed by atoms with Crippen LogP contribution in [-0.4, -0.2) is 22.8 Å². The van der Waals surface area contributed by atoms with Crippen molar-refractivity contribution in [3.8, 4) is 0 Å². The Kier molecular flexibility index (Phi) is 4.40. The number of hydrogen-bond acceptors (Lipinski definition) is 2. The summed E-state index contributed by atoms with van der Waals surface area (Å²) in [5, 5.41) is 18.8. The minimum absolute atomic E-state index is 0.0153. The Hall–Kier alpha value is -0.870. The van der Waals surface area contributed by atoms with Crippen molar-refractivity contribution in [2.75, 3.05) is 6.61 Å². The number of halogens is 1. The standard InChI is InChI=1S/C14H17BrO3/c15-11-6-4-9(5-7-11)12-3-1-2-10(8-16)13(12)14(17)18/h4-7,10,12-13,16H,1-3,8H2,(H,17,18)/t10-,12+,13+/m0/s1. The van der Waals surface area contributed by atoms with Gasteiger partial charge in [0.05, 0.1) is 5.92 Å². The van der Waals surface area contributed by atoms with Gasteiger partial charge in [-0.05, 0) is 42.4 Å². The van der Waals surface area contributed by atoms with E-state index < -0.39 is 11.9 Å². The Morgan fingerprint density at radius 1 is 1.28 bits per heavy atom. The lowest BCUT2D eigenvalue weighted by Gasteiger charge is -2.35. The molecule has 1 aromatic rings.